The Labute approximate surface area is 675 Å². The number of H-pyrrole nitrogens is 2. The second kappa shape index (κ2) is 33.3. The van der Waals surface area contributed by atoms with Gasteiger partial charge in [0.2, 0.25) is 15.8 Å². The Morgan fingerprint density at radius 3 is 1.37 bits per heavy atom. The predicted molar refractivity (Wildman–Crippen MR) is 405 cm³/mol. The number of nitrogens with zero attached hydrogens (tertiary/aromatic N) is 10. The van der Waals surface area contributed by atoms with Gasteiger partial charge in [0.25, 0.3) is 5.16 Å². The molecule has 2 aromatic carbocycles. The average molecular weight is 1590 g/mol. The summed E-state index contributed by atoms with van der Waals surface area (Å²) in [4.78, 5) is 114. The van der Waals surface area contributed by atoms with Crippen molar-refractivity contribution in [1.82, 2.24) is 50.5 Å². The number of carbonyl (C=O) groups excluding carboxylic acids is 6. The summed E-state index contributed by atoms with van der Waals surface area (Å²) in [5.41, 5.74) is 4.43. The number of thiazole rings is 2. The van der Waals surface area contributed by atoms with Crippen LogP contribution in [-0.4, -0.2) is 189 Å². The number of anilines is 7. The van der Waals surface area contributed by atoms with Crippen molar-refractivity contribution < 1.29 is 131 Å². The van der Waals surface area contributed by atoms with Crippen molar-refractivity contribution in [2.24, 2.45) is 11.8 Å². The summed E-state index contributed by atoms with van der Waals surface area (Å²) in [5.74, 6) is -0.793. The molecule has 12 rings (SSSR count). The SMILES string of the molecule is CC(C)(C)O.CCOC(=O)c1csc(N)n1.CCOC(=O)c1csc(Nc2nc(N3C[C@H]4C[C@@H]3C[C@H]4NC(=O)OC(C)(C)C)c3c(n2)[nH]c2c(N(C)C(=O)OC(C)(C)C)cc(F)cc23)n1.CN(C(=O)OC(C)(C)C)c1cc(F)cc2c1[nH]c1nc(S(C)(=O)=O)nc(N3C[C@H]4C[C@@H]3C[C@H]4NC(=O)OC(C)(C)C)c12.[K+]. The number of fused-ring (bicyclic) bond motifs is 10. The van der Waals surface area contributed by atoms with Crippen LogP contribution in [0.3, 0.4) is 0 Å². The molecule has 8 N–H and O–H groups in total. The van der Waals surface area contributed by atoms with Gasteiger partial charge in [-0.15, -0.1) is 22.7 Å². The number of alkyl carbamates (subject to hydrolysis) is 2. The first-order chi connectivity index (χ1) is 49.5. The van der Waals surface area contributed by atoms with Gasteiger partial charge in [0, 0.05) is 79.1 Å². The summed E-state index contributed by atoms with van der Waals surface area (Å²) in [7, 11) is -0.816. The Balaban J connectivity index is 0.000000225. The van der Waals surface area contributed by atoms with E-state index in [0.29, 0.717) is 92.7 Å². The first kappa shape index (κ1) is 85.7. The van der Waals surface area contributed by atoms with Crippen LogP contribution >= 0.6 is 22.7 Å². The van der Waals surface area contributed by atoms with E-state index in [1.807, 2.05) is 25.7 Å². The number of halogens is 2. The van der Waals surface area contributed by atoms with E-state index in [-0.39, 0.29) is 134 Å². The smallest absolute Gasteiger partial charge is 0.461 e. The molecule has 0 spiro atoms. The molecule has 108 heavy (non-hydrogen) atoms. The van der Waals surface area contributed by atoms with E-state index in [4.69, 9.17) is 49.2 Å². The Morgan fingerprint density at radius 1 is 0.602 bits per heavy atom. The van der Waals surface area contributed by atoms with E-state index in [2.05, 4.69) is 50.8 Å². The van der Waals surface area contributed by atoms with Gasteiger partial charge >= 0.3 is 87.7 Å². The first-order valence-corrected chi connectivity index (χ1v) is 38.4. The molecule has 6 aromatic heterocycles. The van der Waals surface area contributed by atoms with Gasteiger partial charge in [-0.3, -0.25) is 15.1 Å². The minimum Gasteiger partial charge on any atom is -0.461 e. The van der Waals surface area contributed by atoms with Crippen LogP contribution in [0.25, 0.3) is 43.9 Å². The number of esters is 2. The Morgan fingerprint density at radius 2 is 1.00 bits per heavy atom. The van der Waals surface area contributed by atoms with Crippen LogP contribution in [0.15, 0.2) is 40.2 Å². The molecular weight excluding hydrogens is 1490 g/mol. The maximum Gasteiger partial charge on any atom is 1.00 e. The number of amides is 4. The summed E-state index contributed by atoms with van der Waals surface area (Å²) in [6, 6.07) is 4.97. The maximum absolute atomic E-state index is 15.3. The molecule has 2 saturated heterocycles. The number of hydrogen-bond donors (Lipinski definition) is 7. The van der Waals surface area contributed by atoms with Crippen molar-refractivity contribution in [3.05, 3.63) is 58.0 Å². The largest absolute Gasteiger partial charge is 1.00 e. The zero-order valence-electron chi connectivity index (χ0n) is 64.8. The standard InChI is InChI=1S/C33H41FN8O6S.C28H37FN6O6S.C6H8N2O2S.C4H10O.K/c1-9-46-27(43)21-15-49-29(35-21)40-28-38-25-23(19-11-17(34)12-22(24(19)37-25)41(8)31(45)48-33(5,6)7)26(39-28)42-14-16-10-18(42)13-20(16)36-30(44)47-32(2,3)4;1-27(2,3)40-25(36)30-18-12-16-9-14(18)13-35(16)23-20-17-10-15(29)11-19(34(7)26(37)41-28(4,5)6)21(17)31-22(20)32-24(33-23)42(8,38)39;1-2-10-5(9)4-3-11-6(7)8-4;1-4(2,3)5;/h11-12,15-16,18,20H,9-10,13-14H2,1-8H3,(H,36,44)(H2,35,37,38,39,40);10-11,14,16,18H,9,12-13H2,1-8H3,(H,30,36)(H,31,32,33);3H,2H2,1H3,(H2,7,8);5H,1-3H3;/q;;;;+1/t16-,18-,20-;14-,16-,18-;;;/m11.../s1. The van der Waals surface area contributed by atoms with Gasteiger partial charge in [-0.25, -0.2) is 60.9 Å². The molecule has 582 valence electrons. The molecular formula is C71H96F2KN16O15S3+. The van der Waals surface area contributed by atoms with Crippen molar-refractivity contribution in [3.63, 3.8) is 0 Å². The third kappa shape index (κ3) is 21.8. The van der Waals surface area contributed by atoms with Crippen LogP contribution in [0.4, 0.5) is 67.2 Å². The summed E-state index contributed by atoms with van der Waals surface area (Å²) in [6.45, 7) is 31.7. The fourth-order valence-electron chi connectivity index (χ4n) is 12.7. The number of aromatic amines is 2. The molecule has 4 aliphatic rings. The zero-order chi connectivity index (χ0) is 79.1. The van der Waals surface area contributed by atoms with Crippen molar-refractivity contribution in [2.45, 2.75) is 201 Å². The second-order valence-corrected chi connectivity index (χ2v) is 35.0. The van der Waals surface area contributed by atoms with E-state index >= 15 is 8.78 Å². The van der Waals surface area contributed by atoms with E-state index in [1.165, 1.54) is 70.8 Å². The fourth-order valence-corrected chi connectivity index (χ4v) is 14.4. The number of rotatable bonds is 13. The number of hydrogen-bond acceptors (Lipinski definition) is 27. The number of sulfone groups is 1. The van der Waals surface area contributed by atoms with E-state index < -0.39 is 85.8 Å². The van der Waals surface area contributed by atoms with E-state index in [0.717, 1.165) is 19.1 Å². The quantitative estimate of drug-likeness (QED) is 0.0244. The van der Waals surface area contributed by atoms with Crippen LogP contribution in [0, 0.1) is 23.5 Å². The molecule has 6 atom stereocenters. The van der Waals surface area contributed by atoms with Crippen molar-refractivity contribution in [3.8, 4) is 0 Å². The van der Waals surface area contributed by atoms with Crippen LogP contribution in [0.5, 0.6) is 0 Å². The summed E-state index contributed by atoms with van der Waals surface area (Å²) in [5, 5.41) is 23.1. The third-order valence-electron chi connectivity index (χ3n) is 16.6. The van der Waals surface area contributed by atoms with E-state index in [9.17, 15) is 37.2 Å². The Hall–Kier alpha value is -7.91. The summed E-state index contributed by atoms with van der Waals surface area (Å²) >= 11 is 2.42. The van der Waals surface area contributed by atoms with E-state index in [1.54, 1.807) is 108 Å². The molecule has 0 unspecified atom stereocenters. The molecule has 8 aromatic rings. The predicted octanol–water partition coefficient (Wildman–Crippen LogP) is 9.69. The molecule has 0 radical (unpaired) electrons. The molecule has 4 bridgehead atoms. The van der Waals surface area contributed by atoms with Gasteiger partial charge in [-0.1, -0.05) is 0 Å². The average Bonchev–Trinajstić information content (AvgIpc) is 1.59. The number of ether oxygens (including phenoxy) is 6. The molecule has 2 aliphatic carbocycles. The second-order valence-electron chi connectivity index (χ2n) is 31.4. The van der Waals surface area contributed by atoms with Crippen LogP contribution in [0.1, 0.15) is 164 Å². The number of nitrogens with two attached hydrogens (primary N) is 1. The maximum atomic E-state index is 15.3. The Bertz CT molecular complexity index is 4780. The third-order valence-corrected chi connectivity index (χ3v) is 18.9. The van der Waals surface area contributed by atoms with Gasteiger partial charge in [-0.05, 0) is 179 Å². The minimum atomic E-state index is -3.81. The number of piperidine rings is 2. The fraction of sp³-hybridized carbons (Fsp3) is 0.549. The van der Waals surface area contributed by atoms with Crippen LogP contribution in [-0.2, 0) is 38.3 Å². The zero-order valence-corrected chi connectivity index (χ0v) is 70.4. The van der Waals surface area contributed by atoms with Gasteiger partial charge in [0.15, 0.2) is 21.7 Å². The van der Waals surface area contributed by atoms with Gasteiger partial charge in [0.05, 0.1) is 52.0 Å². The van der Waals surface area contributed by atoms with Crippen LogP contribution in [0.2, 0.25) is 0 Å². The molecule has 2 aliphatic heterocycles. The van der Waals surface area contributed by atoms with Crippen LogP contribution < -0.4 is 92.7 Å². The number of aliphatic hydroxyl groups is 1. The minimum absolute atomic E-state index is 0. The number of nitrogen functional groups attached to an aromatic ring is 1. The normalized spacial score (nSPS) is 18.2. The number of aromatic nitrogens is 8. The molecule has 37 heteroatoms. The Kier molecular flexibility index (Phi) is 26.5. The monoisotopic (exact) mass is 1590 g/mol. The topological polar surface area (TPSA) is 396 Å². The number of nitrogens with one attached hydrogen (secondary N) is 5. The van der Waals surface area contributed by atoms with Gasteiger partial charge < -0.3 is 69.7 Å². The summed E-state index contributed by atoms with van der Waals surface area (Å²) in [6.07, 6.45) is 1.60. The van der Waals surface area contributed by atoms with Crippen molar-refractivity contribution in [1.29, 1.82) is 0 Å². The molecule has 8 heterocycles. The van der Waals surface area contributed by atoms with Gasteiger partial charge in [-0.2, -0.15) is 15.0 Å². The number of benzene rings is 2. The van der Waals surface area contributed by atoms with Gasteiger partial charge in [0.1, 0.15) is 57.0 Å². The van der Waals surface area contributed by atoms with Crippen molar-refractivity contribution >= 4 is 152 Å². The molecule has 31 nitrogen and oxygen atoms in total. The number of carbonyl (C=O) groups is 6. The van der Waals surface area contributed by atoms with Crippen molar-refractivity contribution in [2.75, 3.05) is 77.3 Å². The summed E-state index contributed by atoms with van der Waals surface area (Å²) < 4.78 is 87.4. The molecule has 4 amide bonds. The first-order valence-electron chi connectivity index (χ1n) is 34.8. The molecule has 2 saturated carbocycles. The molecule has 4 fully saturated rings.